The van der Waals surface area contributed by atoms with Crippen LogP contribution < -0.4 is 10.4 Å². The second kappa shape index (κ2) is 8.96. The van der Waals surface area contributed by atoms with Gasteiger partial charge in [0, 0.05) is 10.6 Å². The molecule has 8 heteroatoms. The maximum atomic E-state index is 12.8. The average molecular weight is 465 g/mol. The summed E-state index contributed by atoms with van der Waals surface area (Å²) in [6.07, 6.45) is 1.19. The van der Waals surface area contributed by atoms with Gasteiger partial charge in [0.2, 0.25) is 0 Å². The summed E-state index contributed by atoms with van der Waals surface area (Å²) in [6, 6.07) is 15.3. The van der Waals surface area contributed by atoms with Crippen LogP contribution in [0.2, 0.25) is 5.02 Å². The summed E-state index contributed by atoms with van der Waals surface area (Å²) >= 11 is 6.15. The van der Waals surface area contributed by atoms with Crippen molar-refractivity contribution in [3.8, 4) is 11.3 Å². The highest BCUT2D eigenvalue weighted by Gasteiger charge is 2.35. The second-order valence-corrected chi connectivity index (χ2v) is 8.21. The van der Waals surface area contributed by atoms with Gasteiger partial charge in [0.05, 0.1) is 17.4 Å². The van der Waals surface area contributed by atoms with E-state index in [0.717, 1.165) is 16.1 Å². The van der Waals surface area contributed by atoms with Crippen LogP contribution in [0.4, 0.5) is 5.69 Å². The number of amides is 2. The molecular weight excluding hydrogens is 444 g/mol. The molecule has 1 aliphatic heterocycles. The van der Waals surface area contributed by atoms with Crippen LogP contribution in [0.15, 0.2) is 64.6 Å². The number of hydrazine groups is 1. The maximum absolute atomic E-state index is 12.8. The first-order valence-electron chi connectivity index (χ1n) is 10.3. The van der Waals surface area contributed by atoms with Crippen molar-refractivity contribution < 1.29 is 23.5 Å². The van der Waals surface area contributed by atoms with Crippen molar-refractivity contribution in [1.82, 2.24) is 5.43 Å². The van der Waals surface area contributed by atoms with Gasteiger partial charge >= 0.3 is 5.97 Å². The Bertz CT molecular complexity index is 1270. The molecule has 0 spiro atoms. The summed E-state index contributed by atoms with van der Waals surface area (Å²) in [6.45, 7) is 5.42. The Morgan fingerprint density at radius 1 is 1.09 bits per heavy atom. The Labute approximate surface area is 195 Å². The van der Waals surface area contributed by atoms with Crippen LogP contribution in [-0.2, 0) is 14.3 Å². The molecule has 2 aromatic carbocycles. The number of anilines is 1. The van der Waals surface area contributed by atoms with Gasteiger partial charge in [0.15, 0.2) is 0 Å². The lowest BCUT2D eigenvalue weighted by Crippen LogP contribution is -2.35. The highest BCUT2D eigenvalue weighted by Crippen LogP contribution is 2.28. The zero-order valence-corrected chi connectivity index (χ0v) is 19.0. The number of hydrogen-bond donors (Lipinski definition) is 1. The molecule has 2 heterocycles. The van der Waals surface area contributed by atoms with E-state index in [1.807, 2.05) is 6.92 Å². The van der Waals surface area contributed by atoms with Gasteiger partial charge in [-0.25, -0.2) is 9.80 Å². The van der Waals surface area contributed by atoms with Gasteiger partial charge in [-0.1, -0.05) is 29.8 Å². The van der Waals surface area contributed by atoms with Crippen molar-refractivity contribution in [1.29, 1.82) is 0 Å². The van der Waals surface area contributed by atoms with E-state index in [0.29, 0.717) is 27.8 Å². The zero-order chi connectivity index (χ0) is 23.7. The number of nitrogens with one attached hydrogen (secondary N) is 1. The number of furan rings is 1. The molecule has 0 aliphatic carbocycles. The van der Waals surface area contributed by atoms with E-state index >= 15 is 0 Å². The summed E-state index contributed by atoms with van der Waals surface area (Å²) in [5, 5.41) is 1.64. The van der Waals surface area contributed by atoms with Crippen LogP contribution in [0.1, 0.15) is 35.5 Å². The van der Waals surface area contributed by atoms with Crippen LogP contribution in [0.5, 0.6) is 0 Å². The fourth-order valence-electron chi connectivity index (χ4n) is 3.24. The van der Waals surface area contributed by atoms with Crippen LogP contribution in [0, 0.1) is 6.92 Å². The number of carbonyl (C=O) groups is 3. The number of ether oxygens (including phenoxy) is 1. The molecule has 1 saturated heterocycles. The predicted octanol–water partition coefficient (Wildman–Crippen LogP) is 4.94. The summed E-state index contributed by atoms with van der Waals surface area (Å²) in [5.41, 5.74) is 4.98. The Hall–Kier alpha value is -3.84. The van der Waals surface area contributed by atoms with Crippen molar-refractivity contribution in [3.63, 3.8) is 0 Å². The molecule has 1 aliphatic rings. The van der Waals surface area contributed by atoms with Gasteiger partial charge in [-0.2, -0.15) is 0 Å². The van der Waals surface area contributed by atoms with Gasteiger partial charge in [0.1, 0.15) is 17.1 Å². The number of nitrogens with zero attached hydrogens (tertiary/aromatic N) is 1. The third-order valence-corrected chi connectivity index (χ3v) is 5.37. The molecule has 0 radical (unpaired) electrons. The van der Waals surface area contributed by atoms with Crippen LogP contribution in [0.25, 0.3) is 17.4 Å². The molecule has 1 N–H and O–H groups in total. The number of aryl methyl sites for hydroxylation is 1. The molecule has 3 aromatic rings. The first kappa shape index (κ1) is 22.4. The standard InChI is InChI=1S/C25H21ClN2O5/c1-14(2)32-25(31)17-7-5-16(6-8-17)22-11-10-19(33-22)13-20-23(29)27-28(24(20)30)18-9-4-15(3)21(26)12-18/h4-14H,1-3H3,(H,27,29)/b20-13-. The molecular formula is C25H21ClN2O5. The normalized spacial score (nSPS) is 14.8. The van der Waals surface area contributed by atoms with Crippen molar-refractivity contribution in [2.75, 3.05) is 5.01 Å². The lowest BCUT2D eigenvalue weighted by atomic mass is 10.1. The molecule has 4 rings (SSSR count). The van der Waals surface area contributed by atoms with E-state index in [1.165, 1.54) is 6.08 Å². The summed E-state index contributed by atoms with van der Waals surface area (Å²) < 4.78 is 11.0. The summed E-state index contributed by atoms with van der Waals surface area (Å²) in [5.74, 6) is -0.575. The molecule has 168 valence electrons. The van der Waals surface area contributed by atoms with Gasteiger partial charge in [-0.05, 0) is 68.8 Å². The minimum Gasteiger partial charge on any atom is -0.459 e. The third kappa shape index (κ3) is 4.68. The number of esters is 1. The van der Waals surface area contributed by atoms with Crippen molar-refractivity contribution in [2.45, 2.75) is 26.9 Å². The Morgan fingerprint density at radius 2 is 1.82 bits per heavy atom. The average Bonchev–Trinajstić information content (AvgIpc) is 3.36. The SMILES string of the molecule is Cc1ccc(N2NC(=O)/C(=C/c3ccc(-c4ccc(C(=O)OC(C)C)cc4)o3)C2=O)cc1Cl. The number of carbonyl (C=O) groups excluding carboxylic acids is 3. The van der Waals surface area contributed by atoms with Gasteiger partial charge in [-0.3, -0.25) is 15.0 Å². The quantitative estimate of drug-likeness (QED) is 0.328. The van der Waals surface area contributed by atoms with Crippen molar-refractivity contribution in [2.24, 2.45) is 0 Å². The van der Waals surface area contributed by atoms with Gasteiger partial charge in [-0.15, -0.1) is 0 Å². The molecule has 1 fully saturated rings. The third-order valence-electron chi connectivity index (χ3n) is 4.97. The van der Waals surface area contributed by atoms with Gasteiger partial charge < -0.3 is 9.15 Å². The highest BCUT2D eigenvalue weighted by molar-refractivity contribution is 6.33. The smallest absolute Gasteiger partial charge is 0.338 e. The molecule has 7 nitrogen and oxygen atoms in total. The monoisotopic (exact) mass is 464 g/mol. The number of halogens is 1. The first-order valence-corrected chi connectivity index (χ1v) is 10.7. The van der Waals surface area contributed by atoms with E-state index in [-0.39, 0.29) is 11.7 Å². The fraction of sp³-hybridized carbons (Fsp3) is 0.160. The van der Waals surface area contributed by atoms with E-state index in [1.54, 1.807) is 68.4 Å². The van der Waals surface area contributed by atoms with Crippen LogP contribution in [0.3, 0.4) is 0 Å². The number of benzene rings is 2. The summed E-state index contributed by atoms with van der Waals surface area (Å²) in [7, 11) is 0. The Morgan fingerprint density at radius 3 is 2.48 bits per heavy atom. The molecule has 2 amide bonds. The Balaban J connectivity index is 1.53. The molecule has 33 heavy (non-hydrogen) atoms. The van der Waals surface area contributed by atoms with Gasteiger partial charge in [0.25, 0.3) is 11.8 Å². The topological polar surface area (TPSA) is 88.8 Å². The molecule has 1 aromatic heterocycles. The zero-order valence-electron chi connectivity index (χ0n) is 18.2. The minimum absolute atomic E-state index is 0.0561. The Kier molecular flexibility index (Phi) is 6.07. The fourth-order valence-corrected chi connectivity index (χ4v) is 3.42. The van der Waals surface area contributed by atoms with E-state index < -0.39 is 17.8 Å². The maximum Gasteiger partial charge on any atom is 0.338 e. The van der Waals surface area contributed by atoms with E-state index in [4.69, 9.17) is 20.8 Å². The lowest BCUT2D eigenvalue weighted by Gasteiger charge is -2.15. The molecule has 0 saturated carbocycles. The number of rotatable bonds is 5. The molecule has 0 atom stereocenters. The van der Waals surface area contributed by atoms with Crippen molar-refractivity contribution >= 4 is 41.1 Å². The van der Waals surface area contributed by atoms with Crippen LogP contribution in [-0.4, -0.2) is 23.9 Å². The van der Waals surface area contributed by atoms with E-state index in [2.05, 4.69) is 5.43 Å². The van der Waals surface area contributed by atoms with Crippen molar-refractivity contribution in [3.05, 3.63) is 82.1 Å². The molecule has 0 unspecified atom stereocenters. The first-order chi connectivity index (χ1) is 15.7. The second-order valence-electron chi connectivity index (χ2n) is 7.81. The highest BCUT2D eigenvalue weighted by atomic mass is 35.5. The van der Waals surface area contributed by atoms with E-state index in [9.17, 15) is 14.4 Å². The van der Waals surface area contributed by atoms with Crippen LogP contribution >= 0.6 is 11.6 Å². The molecule has 0 bridgehead atoms. The number of hydrogen-bond acceptors (Lipinski definition) is 5. The predicted molar refractivity (Wildman–Crippen MR) is 124 cm³/mol. The minimum atomic E-state index is -0.539. The summed E-state index contributed by atoms with van der Waals surface area (Å²) in [4.78, 5) is 37.2. The largest absolute Gasteiger partial charge is 0.459 e. The lowest BCUT2D eigenvalue weighted by molar-refractivity contribution is -0.117.